The van der Waals surface area contributed by atoms with Crippen LogP contribution in [0.3, 0.4) is 0 Å². The van der Waals surface area contributed by atoms with Gasteiger partial charge in [-0.05, 0) is 53.0 Å². The van der Waals surface area contributed by atoms with Gasteiger partial charge in [-0.15, -0.1) is 5.10 Å². The van der Waals surface area contributed by atoms with E-state index in [1.807, 2.05) is 18.2 Å². The van der Waals surface area contributed by atoms with Crippen LogP contribution in [0.2, 0.25) is 5.02 Å². The second kappa shape index (κ2) is 12.5. The molecule has 16 heteroatoms. The summed E-state index contributed by atoms with van der Waals surface area (Å²) in [5.74, 6) is -0.300. The molecule has 0 aliphatic carbocycles. The van der Waals surface area contributed by atoms with E-state index >= 15 is 0 Å². The number of nitrogens with zero attached hydrogens (tertiary/aromatic N) is 8. The Kier molecular flexibility index (Phi) is 8.15. The van der Waals surface area contributed by atoms with E-state index < -0.39 is 12.0 Å². The number of nitrogens with one attached hydrogen (secondary N) is 1. The molecule has 2 aromatic carbocycles. The van der Waals surface area contributed by atoms with Crippen LogP contribution < -0.4 is 20.8 Å². The third kappa shape index (κ3) is 6.12. The van der Waals surface area contributed by atoms with Crippen LogP contribution >= 0.6 is 11.6 Å². The number of ether oxygens (including phenoxy) is 2. The van der Waals surface area contributed by atoms with Gasteiger partial charge >= 0.3 is 6.09 Å². The molecule has 0 spiro atoms. The van der Waals surface area contributed by atoms with Crippen molar-refractivity contribution < 1.29 is 23.7 Å². The lowest BCUT2D eigenvalue weighted by atomic mass is 10.0. The number of aryl methyl sites for hydroxylation is 1. The normalized spacial score (nSPS) is 15.0. The molecular weight excluding hydrogens is 580 g/mol. The Labute approximate surface area is 250 Å². The van der Waals surface area contributed by atoms with E-state index in [2.05, 4.69) is 42.1 Å². The largest absolute Gasteiger partial charge is 0.415 e. The van der Waals surface area contributed by atoms with Crippen LogP contribution in [0.5, 0.6) is 5.75 Å². The average Bonchev–Trinajstić information content (AvgIpc) is 3.64. The Morgan fingerprint density at radius 3 is 2.79 bits per heavy atom. The Bertz CT molecular complexity index is 1670. The molecule has 0 bridgehead atoms. The molecule has 4 heterocycles. The molecule has 4 aromatic rings. The summed E-state index contributed by atoms with van der Waals surface area (Å²) < 4.78 is 17.0. The standard InChI is InChI=1S/C27H27ClN10O5/c28-19-7-8-22(42-27(40)36-10-12-41-13-11-36)18(14-19)15-30-32-26(39)23-21(38(35-31-23)25-24(29)33-43-34-25)16-37-9-3-5-17-4-1-2-6-20(17)37/h1-2,4,6-8,14-15H,3,5,9-13,16H2,(H2,29,33)(H,32,39)/b30-15-. The van der Waals surface area contributed by atoms with E-state index in [1.54, 1.807) is 23.1 Å². The smallest absolute Gasteiger partial charge is 0.409 e. The van der Waals surface area contributed by atoms with Gasteiger partial charge in [-0.25, -0.2) is 14.8 Å². The van der Waals surface area contributed by atoms with Crippen LogP contribution in [0.1, 0.15) is 33.7 Å². The molecule has 6 rings (SSSR count). The van der Waals surface area contributed by atoms with Crippen molar-refractivity contribution >= 4 is 41.3 Å². The summed E-state index contributed by atoms with van der Waals surface area (Å²) in [6.45, 7) is 2.76. The zero-order chi connectivity index (χ0) is 29.8. The lowest BCUT2D eigenvalue weighted by Gasteiger charge is -2.31. The second-order valence-electron chi connectivity index (χ2n) is 9.77. The molecule has 1 fully saturated rings. The summed E-state index contributed by atoms with van der Waals surface area (Å²) >= 11 is 6.18. The molecule has 0 unspecified atom stereocenters. The number of morpholine rings is 1. The molecule has 0 saturated carbocycles. The number of aromatic nitrogens is 5. The summed E-state index contributed by atoms with van der Waals surface area (Å²) in [5.41, 5.74) is 11.5. The molecule has 2 amide bonds. The first-order valence-corrected chi connectivity index (χ1v) is 13.9. The van der Waals surface area contributed by atoms with Crippen LogP contribution in [0, 0.1) is 0 Å². The fourth-order valence-corrected chi connectivity index (χ4v) is 5.10. The van der Waals surface area contributed by atoms with Crippen LogP contribution in [-0.2, 0) is 17.7 Å². The molecule has 0 atom stereocenters. The van der Waals surface area contributed by atoms with Crippen LogP contribution in [0.15, 0.2) is 52.2 Å². The number of para-hydroxylation sites is 1. The number of carbonyl (C=O) groups excluding carboxylic acids is 2. The van der Waals surface area contributed by atoms with Crippen LogP contribution in [0.25, 0.3) is 5.82 Å². The minimum absolute atomic E-state index is 0.00437. The monoisotopic (exact) mass is 606 g/mol. The maximum Gasteiger partial charge on any atom is 0.415 e. The topological polar surface area (TPSA) is 179 Å². The number of carbonyl (C=O) groups is 2. The Hall–Kier alpha value is -5.02. The van der Waals surface area contributed by atoms with Gasteiger partial charge in [0.2, 0.25) is 11.6 Å². The molecular formula is C27H27ClN10O5. The fourth-order valence-electron chi connectivity index (χ4n) is 4.92. The summed E-state index contributed by atoms with van der Waals surface area (Å²) in [6.07, 6.45) is 2.71. The van der Waals surface area contributed by atoms with Crippen molar-refractivity contribution in [2.24, 2.45) is 5.10 Å². The lowest BCUT2D eigenvalue weighted by Crippen LogP contribution is -2.42. The predicted molar refractivity (Wildman–Crippen MR) is 154 cm³/mol. The van der Waals surface area contributed by atoms with E-state index in [1.165, 1.54) is 16.5 Å². The van der Waals surface area contributed by atoms with Crippen molar-refractivity contribution in [1.82, 2.24) is 35.6 Å². The number of nitrogen functional groups attached to an aromatic ring is 1. The fraction of sp³-hybridized carbons (Fsp3) is 0.296. The van der Waals surface area contributed by atoms with Crippen molar-refractivity contribution in [2.45, 2.75) is 19.4 Å². The van der Waals surface area contributed by atoms with Gasteiger partial charge in [0, 0.05) is 35.9 Å². The van der Waals surface area contributed by atoms with Gasteiger partial charge in [-0.2, -0.15) is 9.78 Å². The van der Waals surface area contributed by atoms with Crippen molar-refractivity contribution in [3.63, 3.8) is 0 Å². The van der Waals surface area contributed by atoms with Gasteiger partial charge < -0.3 is 25.0 Å². The molecule has 0 radical (unpaired) electrons. The number of amides is 2. The molecule has 2 aromatic heterocycles. The van der Waals surface area contributed by atoms with Gasteiger partial charge in [0.25, 0.3) is 5.91 Å². The summed E-state index contributed by atoms with van der Waals surface area (Å²) in [4.78, 5) is 29.7. The number of hydrazone groups is 1. The lowest BCUT2D eigenvalue weighted by molar-refractivity contribution is 0.0416. The van der Waals surface area contributed by atoms with Gasteiger partial charge in [-0.1, -0.05) is 35.0 Å². The van der Waals surface area contributed by atoms with E-state index in [0.717, 1.165) is 25.1 Å². The van der Waals surface area contributed by atoms with Crippen LogP contribution in [0.4, 0.5) is 16.3 Å². The highest BCUT2D eigenvalue weighted by Gasteiger charge is 2.27. The number of hydrogen-bond donors (Lipinski definition) is 2. The van der Waals surface area contributed by atoms with E-state index in [4.69, 9.17) is 31.4 Å². The molecule has 15 nitrogen and oxygen atoms in total. The molecule has 43 heavy (non-hydrogen) atoms. The summed E-state index contributed by atoms with van der Waals surface area (Å²) in [6, 6.07) is 12.8. The number of benzene rings is 2. The molecule has 2 aliphatic heterocycles. The number of halogens is 1. The van der Waals surface area contributed by atoms with Gasteiger partial charge in [0.05, 0.1) is 31.7 Å². The van der Waals surface area contributed by atoms with E-state index in [9.17, 15) is 9.59 Å². The Morgan fingerprint density at radius 2 is 1.98 bits per heavy atom. The van der Waals surface area contributed by atoms with Crippen molar-refractivity contribution in [3.8, 4) is 11.6 Å². The number of fused-ring (bicyclic) bond motifs is 1. The first kappa shape index (κ1) is 28.1. The van der Waals surface area contributed by atoms with Crippen molar-refractivity contribution in [3.05, 3.63) is 70.0 Å². The van der Waals surface area contributed by atoms with E-state index in [0.29, 0.717) is 42.6 Å². The number of nitrogens with two attached hydrogens (primary N) is 1. The van der Waals surface area contributed by atoms with Crippen molar-refractivity contribution in [2.75, 3.05) is 43.5 Å². The number of rotatable bonds is 7. The zero-order valence-electron chi connectivity index (χ0n) is 22.8. The third-order valence-electron chi connectivity index (χ3n) is 7.03. The molecule has 3 N–H and O–H groups in total. The van der Waals surface area contributed by atoms with E-state index in [-0.39, 0.29) is 29.6 Å². The second-order valence-corrected chi connectivity index (χ2v) is 10.2. The van der Waals surface area contributed by atoms with Gasteiger partial charge in [0.1, 0.15) is 5.75 Å². The minimum atomic E-state index is -0.633. The first-order valence-electron chi connectivity index (χ1n) is 13.5. The summed E-state index contributed by atoms with van der Waals surface area (Å²) in [7, 11) is 0. The SMILES string of the molecule is Nc1nonc1-n1nnc(C(=O)N/N=C\c2cc(Cl)ccc2OC(=O)N2CCOCC2)c1CN1CCCc2ccccc21. The number of hydrogen-bond acceptors (Lipinski definition) is 12. The zero-order valence-corrected chi connectivity index (χ0v) is 23.6. The van der Waals surface area contributed by atoms with Crippen molar-refractivity contribution in [1.29, 1.82) is 0 Å². The minimum Gasteiger partial charge on any atom is -0.409 e. The maximum absolute atomic E-state index is 13.4. The van der Waals surface area contributed by atoms with Crippen LogP contribution in [-0.4, -0.2) is 81.3 Å². The summed E-state index contributed by atoms with van der Waals surface area (Å²) in [5, 5.41) is 20.2. The maximum atomic E-state index is 13.4. The highest BCUT2D eigenvalue weighted by atomic mass is 35.5. The Balaban J connectivity index is 1.23. The average molecular weight is 607 g/mol. The highest BCUT2D eigenvalue weighted by Crippen LogP contribution is 2.29. The third-order valence-corrected chi connectivity index (χ3v) is 7.26. The van der Waals surface area contributed by atoms with Gasteiger partial charge in [-0.3, -0.25) is 4.79 Å². The molecule has 1 saturated heterocycles. The van der Waals surface area contributed by atoms with Gasteiger partial charge in [0.15, 0.2) is 5.69 Å². The number of anilines is 2. The first-order chi connectivity index (χ1) is 21.0. The predicted octanol–water partition coefficient (Wildman–Crippen LogP) is 2.43. The quantitative estimate of drug-likeness (QED) is 0.233. The molecule has 2 aliphatic rings. The molecule has 222 valence electrons. The highest BCUT2D eigenvalue weighted by molar-refractivity contribution is 6.31. The Morgan fingerprint density at radius 1 is 1.14 bits per heavy atom.